The maximum atomic E-state index is 11.4. The average Bonchev–Trinajstić information content (AvgIpc) is 2.40. The Hall–Kier alpha value is -2.82. The average molecular weight is 283 g/mol. The lowest BCUT2D eigenvalue weighted by atomic mass is 9.96. The van der Waals surface area contributed by atoms with Gasteiger partial charge in [-0.2, -0.15) is 0 Å². The van der Waals surface area contributed by atoms with Crippen molar-refractivity contribution in [1.29, 1.82) is 0 Å². The van der Waals surface area contributed by atoms with Crippen LogP contribution in [0.3, 0.4) is 0 Å². The summed E-state index contributed by atoms with van der Waals surface area (Å²) in [5.41, 5.74) is 21.1. The van der Waals surface area contributed by atoms with E-state index in [0.29, 0.717) is 28.1 Å². The highest BCUT2D eigenvalue weighted by atomic mass is 16.1. The van der Waals surface area contributed by atoms with Crippen LogP contribution in [0.4, 0.5) is 17.1 Å². The van der Waals surface area contributed by atoms with Crippen molar-refractivity contribution in [3.05, 3.63) is 41.5 Å². The fourth-order valence-corrected chi connectivity index (χ4v) is 2.25. The predicted molar refractivity (Wildman–Crippen MR) is 85.1 cm³/mol. The third kappa shape index (κ3) is 2.58. The first-order chi connectivity index (χ1) is 9.82. The predicted octanol–water partition coefficient (Wildman–Crippen LogP) is 2.51. The first kappa shape index (κ1) is 14.6. The lowest BCUT2D eigenvalue weighted by Gasteiger charge is -2.13. The quantitative estimate of drug-likeness (QED) is 0.591. The van der Waals surface area contributed by atoms with Crippen molar-refractivity contribution in [2.24, 2.45) is 0 Å². The molecule has 0 aliphatic heterocycles. The summed E-state index contributed by atoms with van der Waals surface area (Å²) in [5.74, 6) is -0.240. The Morgan fingerprint density at radius 3 is 1.90 bits per heavy atom. The van der Waals surface area contributed by atoms with Gasteiger partial charge in [0.15, 0.2) is 11.6 Å². The van der Waals surface area contributed by atoms with E-state index in [-0.39, 0.29) is 17.3 Å². The van der Waals surface area contributed by atoms with Crippen LogP contribution in [0.1, 0.15) is 34.6 Å². The number of Topliss-reactive ketones (excluding diaryl/α,β-unsaturated/α-hetero) is 2. The maximum absolute atomic E-state index is 11.4. The molecule has 21 heavy (non-hydrogen) atoms. The van der Waals surface area contributed by atoms with E-state index in [1.165, 1.54) is 13.8 Å². The van der Waals surface area contributed by atoms with E-state index in [2.05, 4.69) is 0 Å². The molecule has 2 aromatic carbocycles. The zero-order chi connectivity index (χ0) is 15.7. The summed E-state index contributed by atoms with van der Waals surface area (Å²) in [5, 5.41) is 0. The Morgan fingerprint density at radius 2 is 1.38 bits per heavy atom. The number of carbonyl (C=O) groups excluding carboxylic acids is 2. The SMILES string of the molecule is CC(=O)c1ccc(-c2ccc(C(C)=O)c(N)c2N)cc1N. The largest absolute Gasteiger partial charge is 0.398 e. The third-order valence-corrected chi connectivity index (χ3v) is 3.41. The Balaban J connectivity index is 2.58. The van der Waals surface area contributed by atoms with Crippen LogP contribution in [-0.2, 0) is 0 Å². The summed E-state index contributed by atoms with van der Waals surface area (Å²) in [6, 6.07) is 8.45. The molecule has 0 amide bonds. The van der Waals surface area contributed by atoms with E-state index >= 15 is 0 Å². The molecule has 2 rings (SSSR count). The highest BCUT2D eigenvalue weighted by molar-refractivity contribution is 6.04. The van der Waals surface area contributed by atoms with Crippen molar-refractivity contribution in [2.75, 3.05) is 17.2 Å². The number of nitrogen functional groups attached to an aromatic ring is 3. The molecule has 0 unspecified atom stereocenters. The number of hydrogen-bond acceptors (Lipinski definition) is 5. The second-order valence-electron chi connectivity index (χ2n) is 4.90. The van der Waals surface area contributed by atoms with Gasteiger partial charge in [-0.3, -0.25) is 9.59 Å². The van der Waals surface area contributed by atoms with Gasteiger partial charge >= 0.3 is 0 Å². The van der Waals surface area contributed by atoms with E-state index < -0.39 is 0 Å². The van der Waals surface area contributed by atoms with Crippen molar-refractivity contribution < 1.29 is 9.59 Å². The molecule has 0 aliphatic carbocycles. The minimum absolute atomic E-state index is 0.0986. The zero-order valence-electron chi connectivity index (χ0n) is 11.9. The smallest absolute Gasteiger partial charge is 0.161 e. The molecule has 0 aliphatic rings. The molecule has 0 fully saturated rings. The lowest BCUT2D eigenvalue weighted by molar-refractivity contribution is 0.101. The molecular weight excluding hydrogens is 266 g/mol. The highest BCUT2D eigenvalue weighted by Gasteiger charge is 2.14. The number of ketones is 2. The number of rotatable bonds is 3. The Labute approximate surface area is 122 Å². The van der Waals surface area contributed by atoms with Gasteiger partial charge in [-0.1, -0.05) is 12.1 Å². The monoisotopic (exact) mass is 283 g/mol. The summed E-state index contributed by atoms with van der Waals surface area (Å²) < 4.78 is 0. The van der Waals surface area contributed by atoms with Crippen molar-refractivity contribution >= 4 is 28.6 Å². The van der Waals surface area contributed by atoms with Crippen LogP contribution in [0.15, 0.2) is 30.3 Å². The maximum Gasteiger partial charge on any atom is 0.161 e. The van der Waals surface area contributed by atoms with Crippen LogP contribution in [0.2, 0.25) is 0 Å². The summed E-state index contributed by atoms with van der Waals surface area (Å²) in [7, 11) is 0. The van der Waals surface area contributed by atoms with Crippen LogP contribution in [0.5, 0.6) is 0 Å². The van der Waals surface area contributed by atoms with Gasteiger partial charge in [0.25, 0.3) is 0 Å². The molecule has 6 N–H and O–H groups in total. The van der Waals surface area contributed by atoms with Crippen molar-refractivity contribution in [3.63, 3.8) is 0 Å². The normalized spacial score (nSPS) is 10.4. The molecule has 0 bridgehead atoms. The first-order valence-electron chi connectivity index (χ1n) is 6.42. The molecule has 0 atom stereocenters. The number of nitrogens with two attached hydrogens (primary N) is 3. The van der Waals surface area contributed by atoms with Gasteiger partial charge in [-0.15, -0.1) is 0 Å². The standard InChI is InChI=1S/C16H17N3O2/c1-8(20)11-4-3-10(7-14(11)17)13-6-5-12(9(2)21)15(18)16(13)19/h3-7H,17-19H2,1-2H3. The van der Waals surface area contributed by atoms with E-state index in [9.17, 15) is 9.59 Å². The Kier molecular flexibility index (Phi) is 3.67. The fourth-order valence-electron chi connectivity index (χ4n) is 2.25. The van der Waals surface area contributed by atoms with Gasteiger partial charge in [0.2, 0.25) is 0 Å². The number of carbonyl (C=O) groups is 2. The molecule has 2 aromatic rings. The van der Waals surface area contributed by atoms with Crippen LogP contribution in [0, 0.1) is 0 Å². The molecule has 5 nitrogen and oxygen atoms in total. The van der Waals surface area contributed by atoms with Gasteiger partial charge in [0, 0.05) is 22.4 Å². The van der Waals surface area contributed by atoms with Crippen LogP contribution < -0.4 is 17.2 Å². The fraction of sp³-hybridized carbons (Fsp3) is 0.125. The van der Waals surface area contributed by atoms with E-state index in [1.54, 1.807) is 30.3 Å². The molecule has 0 radical (unpaired) electrons. The third-order valence-electron chi connectivity index (χ3n) is 3.41. The second kappa shape index (κ2) is 5.28. The van der Waals surface area contributed by atoms with Gasteiger partial charge in [-0.25, -0.2) is 0 Å². The minimum atomic E-state index is -0.141. The topological polar surface area (TPSA) is 112 Å². The number of hydrogen-bond donors (Lipinski definition) is 3. The van der Waals surface area contributed by atoms with Gasteiger partial charge < -0.3 is 17.2 Å². The zero-order valence-corrected chi connectivity index (χ0v) is 11.9. The Bertz CT molecular complexity index is 751. The summed E-state index contributed by atoms with van der Waals surface area (Å²) in [6.07, 6.45) is 0. The van der Waals surface area contributed by atoms with Crippen molar-refractivity contribution in [2.45, 2.75) is 13.8 Å². The van der Waals surface area contributed by atoms with Gasteiger partial charge in [-0.05, 0) is 37.6 Å². The highest BCUT2D eigenvalue weighted by Crippen LogP contribution is 2.34. The first-order valence-corrected chi connectivity index (χ1v) is 6.42. The Morgan fingerprint density at radius 1 is 0.810 bits per heavy atom. The van der Waals surface area contributed by atoms with Crippen molar-refractivity contribution in [1.82, 2.24) is 0 Å². The van der Waals surface area contributed by atoms with Crippen LogP contribution in [-0.4, -0.2) is 11.6 Å². The van der Waals surface area contributed by atoms with E-state index in [1.807, 2.05) is 0 Å². The number of benzene rings is 2. The molecule has 0 heterocycles. The van der Waals surface area contributed by atoms with Gasteiger partial charge in [0.05, 0.1) is 11.4 Å². The molecule has 0 aromatic heterocycles. The van der Waals surface area contributed by atoms with Crippen LogP contribution >= 0.6 is 0 Å². The van der Waals surface area contributed by atoms with Gasteiger partial charge in [0.1, 0.15) is 0 Å². The number of anilines is 3. The molecule has 108 valence electrons. The van der Waals surface area contributed by atoms with E-state index in [0.717, 1.165) is 5.56 Å². The van der Waals surface area contributed by atoms with Crippen LogP contribution in [0.25, 0.3) is 11.1 Å². The molecular formula is C16H17N3O2. The van der Waals surface area contributed by atoms with Crippen molar-refractivity contribution in [3.8, 4) is 11.1 Å². The summed E-state index contributed by atoms with van der Waals surface area (Å²) in [6.45, 7) is 2.89. The summed E-state index contributed by atoms with van der Waals surface area (Å²) >= 11 is 0. The van der Waals surface area contributed by atoms with E-state index in [4.69, 9.17) is 17.2 Å². The minimum Gasteiger partial charge on any atom is -0.398 e. The lowest BCUT2D eigenvalue weighted by Crippen LogP contribution is -2.05. The second-order valence-corrected chi connectivity index (χ2v) is 4.90. The molecule has 0 spiro atoms. The molecule has 0 saturated carbocycles. The summed E-state index contributed by atoms with van der Waals surface area (Å²) in [4.78, 5) is 22.8. The molecule has 0 saturated heterocycles. The molecule has 5 heteroatoms.